The normalized spacial score (nSPS) is 11.5. The Kier molecular flexibility index (Phi) is 20.9. The molecular formula is C22H47P. The van der Waals surface area contributed by atoms with Crippen LogP contribution in [0.2, 0.25) is 0 Å². The van der Waals surface area contributed by atoms with Gasteiger partial charge in [0.2, 0.25) is 0 Å². The molecule has 0 bridgehead atoms. The van der Waals surface area contributed by atoms with Crippen LogP contribution in [0.5, 0.6) is 0 Å². The van der Waals surface area contributed by atoms with Crippen LogP contribution in [0.15, 0.2) is 0 Å². The van der Waals surface area contributed by atoms with Crippen molar-refractivity contribution in [1.29, 1.82) is 0 Å². The SMILES string of the molecule is CCCCCCCCCCP(CC)CCCCCCCCCC. The third-order valence-electron chi connectivity index (χ3n) is 5.10. The molecule has 0 amide bonds. The Labute approximate surface area is 150 Å². The molecule has 0 aliphatic rings. The van der Waals surface area contributed by atoms with Crippen molar-refractivity contribution in [3.63, 3.8) is 0 Å². The first-order valence-corrected chi connectivity index (χ1v) is 13.0. The minimum absolute atomic E-state index is 0.381. The average molecular weight is 343 g/mol. The molecule has 140 valence electrons. The van der Waals surface area contributed by atoms with Crippen molar-refractivity contribution in [2.45, 2.75) is 124 Å². The van der Waals surface area contributed by atoms with Gasteiger partial charge in [0.1, 0.15) is 0 Å². The predicted molar refractivity (Wildman–Crippen MR) is 112 cm³/mol. The fourth-order valence-corrected chi connectivity index (χ4v) is 5.56. The quantitative estimate of drug-likeness (QED) is 0.162. The maximum Gasteiger partial charge on any atom is -0.0326 e. The van der Waals surface area contributed by atoms with Crippen molar-refractivity contribution in [2.75, 3.05) is 18.5 Å². The van der Waals surface area contributed by atoms with Crippen LogP contribution in [-0.4, -0.2) is 18.5 Å². The largest absolute Gasteiger partial charge is 0.107 e. The highest BCUT2D eigenvalue weighted by Crippen LogP contribution is 2.37. The molecule has 0 aromatic rings. The van der Waals surface area contributed by atoms with Crippen LogP contribution in [0.1, 0.15) is 124 Å². The minimum Gasteiger partial charge on any atom is -0.107 e. The summed E-state index contributed by atoms with van der Waals surface area (Å²) >= 11 is 0. The molecule has 0 aliphatic heterocycles. The van der Waals surface area contributed by atoms with Gasteiger partial charge in [0.25, 0.3) is 0 Å². The monoisotopic (exact) mass is 342 g/mol. The first kappa shape index (κ1) is 23.4. The molecule has 0 nitrogen and oxygen atoms in total. The first-order valence-electron chi connectivity index (χ1n) is 11.1. The summed E-state index contributed by atoms with van der Waals surface area (Å²) in [5, 5.41) is 0. The van der Waals surface area contributed by atoms with Gasteiger partial charge in [-0.15, -0.1) is 7.92 Å². The highest BCUT2D eigenvalue weighted by atomic mass is 31.1. The molecule has 0 rings (SSSR count). The fourth-order valence-electron chi connectivity index (χ4n) is 3.37. The molecule has 0 heterocycles. The first-order chi connectivity index (χ1) is 11.3. The Morgan fingerprint density at radius 3 is 1.00 bits per heavy atom. The molecule has 0 saturated heterocycles. The summed E-state index contributed by atoms with van der Waals surface area (Å²) in [7, 11) is 0.381. The maximum absolute atomic E-state index is 2.43. The molecule has 0 aromatic carbocycles. The van der Waals surface area contributed by atoms with Crippen LogP contribution in [0.3, 0.4) is 0 Å². The van der Waals surface area contributed by atoms with E-state index in [2.05, 4.69) is 20.8 Å². The lowest BCUT2D eigenvalue weighted by atomic mass is 10.1. The second-order valence-electron chi connectivity index (χ2n) is 7.38. The van der Waals surface area contributed by atoms with E-state index in [1.807, 2.05) is 0 Å². The predicted octanol–water partition coefficient (Wildman–Crippen LogP) is 8.77. The summed E-state index contributed by atoms with van der Waals surface area (Å²) in [6.07, 6.45) is 28.2. The number of unbranched alkanes of at least 4 members (excludes halogenated alkanes) is 14. The van der Waals surface area contributed by atoms with E-state index in [1.165, 1.54) is 109 Å². The lowest BCUT2D eigenvalue weighted by molar-refractivity contribution is 0.583. The van der Waals surface area contributed by atoms with E-state index in [0.29, 0.717) is 7.92 Å². The third-order valence-corrected chi connectivity index (χ3v) is 7.89. The van der Waals surface area contributed by atoms with E-state index >= 15 is 0 Å². The Hall–Kier alpha value is 0.430. The smallest absolute Gasteiger partial charge is 0.0326 e. The van der Waals surface area contributed by atoms with E-state index in [0.717, 1.165) is 0 Å². The zero-order chi connectivity index (χ0) is 17.0. The van der Waals surface area contributed by atoms with Crippen LogP contribution in [0.25, 0.3) is 0 Å². The number of hydrogen-bond donors (Lipinski definition) is 0. The molecule has 0 spiro atoms. The second kappa shape index (κ2) is 20.5. The van der Waals surface area contributed by atoms with Crippen LogP contribution in [0.4, 0.5) is 0 Å². The van der Waals surface area contributed by atoms with Gasteiger partial charge in [0, 0.05) is 0 Å². The number of hydrogen-bond acceptors (Lipinski definition) is 0. The van der Waals surface area contributed by atoms with Crippen molar-refractivity contribution < 1.29 is 0 Å². The van der Waals surface area contributed by atoms with Crippen molar-refractivity contribution in [2.24, 2.45) is 0 Å². The van der Waals surface area contributed by atoms with Gasteiger partial charge in [0.05, 0.1) is 0 Å². The van der Waals surface area contributed by atoms with E-state index in [-0.39, 0.29) is 0 Å². The topological polar surface area (TPSA) is 0 Å². The van der Waals surface area contributed by atoms with Gasteiger partial charge in [-0.2, -0.15) is 0 Å². The second-order valence-corrected chi connectivity index (χ2v) is 10.3. The van der Waals surface area contributed by atoms with Crippen LogP contribution >= 0.6 is 7.92 Å². The molecule has 0 aromatic heterocycles. The highest BCUT2D eigenvalue weighted by molar-refractivity contribution is 7.57. The lowest BCUT2D eigenvalue weighted by Gasteiger charge is -2.15. The van der Waals surface area contributed by atoms with Crippen molar-refractivity contribution in [3.05, 3.63) is 0 Å². The van der Waals surface area contributed by atoms with Crippen LogP contribution in [-0.2, 0) is 0 Å². The van der Waals surface area contributed by atoms with Gasteiger partial charge in [-0.1, -0.05) is 111 Å². The molecular weight excluding hydrogens is 295 g/mol. The Morgan fingerprint density at radius 1 is 0.391 bits per heavy atom. The molecule has 0 unspecified atom stereocenters. The summed E-state index contributed by atoms with van der Waals surface area (Å²) in [6, 6.07) is 0. The van der Waals surface area contributed by atoms with Crippen LogP contribution in [0, 0.1) is 0 Å². The Bertz CT molecular complexity index is 182. The van der Waals surface area contributed by atoms with E-state index in [1.54, 1.807) is 12.3 Å². The van der Waals surface area contributed by atoms with Crippen molar-refractivity contribution >= 4 is 7.92 Å². The molecule has 0 radical (unpaired) electrons. The molecule has 1 heteroatoms. The fraction of sp³-hybridized carbons (Fsp3) is 1.00. The van der Waals surface area contributed by atoms with E-state index in [9.17, 15) is 0 Å². The Balaban J connectivity index is 3.29. The average Bonchev–Trinajstić information content (AvgIpc) is 2.57. The van der Waals surface area contributed by atoms with Crippen LogP contribution < -0.4 is 0 Å². The highest BCUT2D eigenvalue weighted by Gasteiger charge is 2.05. The van der Waals surface area contributed by atoms with E-state index < -0.39 is 0 Å². The molecule has 0 atom stereocenters. The van der Waals surface area contributed by atoms with Gasteiger partial charge in [0.15, 0.2) is 0 Å². The third kappa shape index (κ3) is 18.6. The standard InChI is InChI=1S/C22H47P/c1-4-7-9-11-13-15-17-19-21-23(6-3)22-20-18-16-14-12-10-8-5-2/h4-22H2,1-3H3. The summed E-state index contributed by atoms with van der Waals surface area (Å²) in [5.41, 5.74) is 0. The van der Waals surface area contributed by atoms with Crippen molar-refractivity contribution in [3.8, 4) is 0 Å². The zero-order valence-electron chi connectivity index (χ0n) is 16.9. The summed E-state index contributed by atoms with van der Waals surface area (Å²) in [5.74, 6) is 0. The van der Waals surface area contributed by atoms with Gasteiger partial charge >= 0.3 is 0 Å². The minimum atomic E-state index is 0.381. The lowest BCUT2D eigenvalue weighted by Crippen LogP contribution is -1.94. The van der Waals surface area contributed by atoms with Gasteiger partial charge in [-0.25, -0.2) is 0 Å². The number of rotatable bonds is 19. The van der Waals surface area contributed by atoms with Gasteiger partial charge in [-0.3, -0.25) is 0 Å². The molecule has 0 saturated carbocycles. The summed E-state index contributed by atoms with van der Waals surface area (Å²) in [4.78, 5) is 0. The summed E-state index contributed by atoms with van der Waals surface area (Å²) in [6.45, 7) is 7.04. The van der Waals surface area contributed by atoms with Crippen molar-refractivity contribution in [1.82, 2.24) is 0 Å². The van der Waals surface area contributed by atoms with Gasteiger partial charge in [-0.05, 0) is 31.3 Å². The molecule has 0 fully saturated rings. The Morgan fingerprint density at radius 2 is 0.696 bits per heavy atom. The molecule has 23 heavy (non-hydrogen) atoms. The molecule has 0 aliphatic carbocycles. The van der Waals surface area contributed by atoms with Gasteiger partial charge < -0.3 is 0 Å². The zero-order valence-corrected chi connectivity index (χ0v) is 17.8. The van der Waals surface area contributed by atoms with E-state index in [4.69, 9.17) is 0 Å². The maximum atomic E-state index is 2.43. The molecule has 0 N–H and O–H groups in total. The summed E-state index contributed by atoms with van der Waals surface area (Å²) < 4.78 is 0.